The molecule has 0 aliphatic heterocycles. The van der Waals surface area contributed by atoms with E-state index in [-0.39, 0.29) is 4.83 Å². The van der Waals surface area contributed by atoms with Crippen LogP contribution in [-0.4, -0.2) is 25.2 Å². The quantitative estimate of drug-likeness (QED) is 0.683. The van der Waals surface area contributed by atoms with Gasteiger partial charge in [0.1, 0.15) is 6.54 Å². The van der Waals surface area contributed by atoms with Crippen molar-refractivity contribution in [3.63, 3.8) is 0 Å². The molecule has 0 aromatic carbocycles. The third-order valence-corrected chi connectivity index (χ3v) is 3.79. The van der Waals surface area contributed by atoms with E-state index < -0.39 is 0 Å². The van der Waals surface area contributed by atoms with E-state index in [9.17, 15) is 0 Å². The molecule has 98 valence electrons. The third-order valence-electron chi connectivity index (χ3n) is 2.46. The van der Waals surface area contributed by atoms with E-state index in [0.717, 1.165) is 10.6 Å². The summed E-state index contributed by atoms with van der Waals surface area (Å²) < 4.78 is 7.27. The van der Waals surface area contributed by atoms with E-state index in [0.29, 0.717) is 18.3 Å². The summed E-state index contributed by atoms with van der Waals surface area (Å²) in [5, 5.41) is 18.1. The summed E-state index contributed by atoms with van der Waals surface area (Å²) in [7, 11) is 0. The van der Waals surface area contributed by atoms with Gasteiger partial charge < -0.3 is 4.42 Å². The van der Waals surface area contributed by atoms with E-state index in [2.05, 4.69) is 36.4 Å². The van der Waals surface area contributed by atoms with Crippen molar-refractivity contribution in [2.24, 2.45) is 0 Å². The van der Waals surface area contributed by atoms with Crippen molar-refractivity contribution in [3.05, 3.63) is 35.3 Å². The summed E-state index contributed by atoms with van der Waals surface area (Å²) in [6, 6.07) is 3.90. The monoisotopic (exact) mass is 339 g/mol. The van der Waals surface area contributed by atoms with Gasteiger partial charge in [-0.3, -0.25) is 0 Å². The predicted octanol–water partition coefficient (Wildman–Crippen LogP) is 2.89. The van der Waals surface area contributed by atoms with E-state index in [1.807, 2.05) is 30.6 Å². The lowest BCUT2D eigenvalue weighted by molar-refractivity contribution is 0.470. The van der Waals surface area contributed by atoms with Crippen LogP contribution in [0.2, 0.25) is 0 Å². The van der Waals surface area contributed by atoms with Crippen LogP contribution in [0.5, 0.6) is 0 Å². The number of alkyl halides is 1. The van der Waals surface area contributed by atoms with Crippen molar-refractivity contribution in [1.29, 1.82) is 0 Å². The minimum Gasteiger partial charge on any atom is -0.418 e. The molecule has 0 radical (unpaired) electrons. The summed E-state index contributed by atoms with van der Waals surface area (Å²) in [5.41, 5.74) is 0.873. The van der Waals surface area contributed by atoms with Gasteiger partial charge in [0.05, 0.1) is 21.6 Å². The number of hydrogen-bond donors (Lipinski definition) is 0. The van der Waals surface area contributed by atoms with E-state index in [1.165, 1.54) is 0 Å². The average Bonchev–Trinajstić information content (AvgIpc) is 3.09. The van der Waals surface area contributed by atoms with E-state index in [4.69, 9.17) is 4.42 Å². The lowest BCUT2D eigenvalue weighted by Gasteiger charge is -1.94. The van der Waals surface area contributed by atoms with Gasteiger partial charge in [-0.15, -0.1) is 26.6 Å². The van der Waals surface area contributed by atoms with Crippen molar-refractivity contribution in [3.8, 4) is 10.8 Å². The Kier molecular flexibility index (Phi) is 3.43. The molecular weight excluding hydrogens is 330 g/mol. The first kappa shape index (κ1) is 12.5. The highest BCUT2D eigenvalue weighted by atomic mass is 79.9. The van der Waals surface area contributed by atoms with Gasteiger partial charge in [-0.25, -0.2) is 4.68 Å². The number of aromatic nitrogens is 5. The highest BCUT2D eigenvalue weighted by molar-refractivity contribution is 9.09. The van der Waals surface area contributed by atoms with Crippen molar-refractivity contribution in [2.45, 2.75) is 18.3 Å². The molecule has 1 atom stereocenters. The van der Waals surface area contributed by atoms with Gasteiger partial charge >= 0.3 is 0 Å². The Balaban J connectivity index is 1.76. The smallest absolute Gasteiger partial charge is 0.257 e. The van der Waals surface area contributed by atoms with Gasteiger partial charge in [0.15, 0.2) is 0 Å². The molecule has 0 bridgehead atoms. The molecule has 3 rings (SSSR count). The van der Waals surface area contributed by atoms with Gasteiger partial charge in [0.2, 0.25) is 5.89 Å². The maximum Gasteiger partial charge on any atom is 0.257 e. The van der Waals surface area contributed by atoms with Crippen LogP contribution in [0.15, 0.2) is 28.1 Å². The summed E-state index contributed by atoms with van der Waals surface area (Å²) in [6.07, 6.45) is 1.86. The van der Waals surface area contributed by atoms with E-state index >= 15 is 0 Å². The molecule has 8 heteroatoms. The fraction of sp³-hybridized carbons (Fsp3) is 0.273. The van der Waals surface area contributed by atoms with Crippen LogP contribution in [0.3, 0.4) is 0 Å². The van der Waals surface area contributed by atoms with Crippen LogP contribution in [0.1, 0.15) is 23.3 Å². The Hall–Kier alpha value is -1.54. The Morgan fingerprint density at radius 2 is 2.32 bits per heavy atom. The van der Waals surface area contributed by atoms with Gasteiger partial charge in [-0.1, -0.05) is 27.2 Å². The van der Waals surface area contributed by atoms with Crippen molar-refractivity contribution in [2.75, 3.05) is 0 Å². The van der Waals surface area contributed by atoms with Gasteiger partial charge in [0, 0.05) is 0 Å². The topological polar surface area (TPSA) is 69.6 Å². The van der Waals surface area contributed by atoms with Crippen LogP contribution < -0.4 is 0 Å². The molecule has 0 amide bonds. The number of nitrogens with zero attached hydrogens (tertiary/aromatic N) is 5. The minimum absolute atomic E-state index is 0.172. The largest absolute Gasteiger partial charge is 0.418 e. The van der Waals surface area contributed by atoms with Crippen molar-refractivity contribution >= 4 is 27.3 Å². The predicted molar refractivity (Wildman–Crippen MR) is 74.1 cm³/mol. The summed E-state index contributed by atoms with van der Waals surface area (Å²) in [6.45, 7) is 2.42. The molecule has 0 spiro atoms. The number of halogens is 1. The second-order valence-corrected chi connectivity index (χ2v) is 6.26. The molecule has 1 unspecified atom stereocenters. The third kappa shape index (κ3) is 2.74. The van der Waals surface area contributed by atoms with Crippen LogP contribution in [0.25, 0.3) is 10.8 Å². The number of rotatable bonds is 4. The normalized spacial score (nSPS) is 12.7. The molecule has 6 nitrogen and oxygen atoms in total. The molecule has 0 N–H and O–H groups in total. The molecule has 3 aromatic rings. The number of thiophene rings is 1. The SMILES string of the molecule is CC(Br)c1cn(Cc2nnc(-c3cccs3)o2)nn1. The first-order chi connectivity index (χ1) is 9.22. The number of hydrogen-bond acceptors (Lipinski definition) is 6. The second-order valence-electron chi connectivity index (χ2n) is 3.94. The molecule has 0 aliphatic carbocycles. The van der Waals surface area contributed by atoms with E-state index in [1.54, 1.807) is 16.0 Å². The molecule has 3 heterocycles. The van der Waals surface area contributed by atoms with Crippen LogP contribution in [0.4, 0.5) is 0 Å². The molecule has 0 saturated heterocycles. The summed E-state index contributed by atoms with van der Waals surface area (Å²) >= 11 is 5.01. The second kappa shape index (κ2) is 5.22. The fourth-order valence-corrected chi connectivity index (χ4v) is 2.38. The molecule has 0 aliphatic rings. The first-order valence-corrected chi connectivity index (χ1v) is 7.42. The standard InChI is InChI=1S/C11H10BrN5OS/c1-7(12)8-5-17(16-13-8)6-10-14-15-11(18-10)9-3-2-4-19-9/h2-5,7H,6H2,1H3. The molecule has 0 saturated carbocycles. The maximum atomic E-state index is 5.59. The van der Waals surface area contributed by atoms with Crippen molar-refractivity contribution in [1.82, 2.24) is 25.2 Å². The Morgan fingerprint density at radius 3 is 3.00 bits per heavy atom. The molecule has 0 fully saturated rings. The van der Waals surface area contributed by atoms with Crippen LogP contribution in [0, 0.1) is 0 Å². The summed E-state index contributed by atoms with van der Waals surface area (Å²) in [4.78, 5) is 1.14. The average molecular weight is 340 g/mol. The molecular formula is C11H10BrN5OS. The molecule has 3 aromatic heterocycles. The zero-order valence-corrected chi connectivity index (χ0v) is 12.4. The fourth-order valence-electron chi connectivity index (χ4n) is 1.53. The Bertz CT molecular complexity index is 660. The maximum absolute atomic E-state index is 5.59. The Morgan fingerprint density at radius 1 is 1.42 bits per heavy atom. The highest BCUT2D eigenvalue weighted by Crippen LogP contribution is 2.23. The molecule has 19 heavy (non-hydrogen) atoms. The van der Waals surface area contributed by atoms with Crippen LogP contribution in [-0.2, 0) is 6.54 Å². The van der Waals surface area contributed by atoms with Gasteiger partial charge in [-0.05, 0) is 18.4 Å². The zero-order chi connectivity index (χ0) is 13.2. The summed E-state index contributed by atoms with van der Waals surface area (Å²) in [5.74, 6) is 1.06. The lowest BCUT2D eigenvalue weighted by Crippen LogP contribution is -2.00. The zero-order valence-electron chi connectivity index (χ0n) is 10.0. The first-order valence-electron chi connectivity index (χ1n) is 5.63. The van der Waals surface area contributed by atoms with Gasteiger partial charge in [0.25, 0.3) is 5.89 Å². The van der Waals surface area contributed by atoms with Crippen LogP contribution >= 0.6 is 27.3 Å². The lowest BCUT2D eigenvalue weighted by atomic mass is 10.4. The highest BCUT2D eigenvalue weighted by Gasteiger charge is 2.12. The Labute approximate surface area is 121 Å². The van der Waals surface area contributed by atoms with Crippen molar-refractivity contribution < 1.29 is 4.42 Å². The minimum atomic E-state index is 0.172. The van der Waals surface area contributed by atoms with Gasteiger partial charge in [-0.2, -0.15) is 0 Å².